The standard InChI is InChI=1S/C17H18N2O3/c18-17(20)19(21)15-10-4-9-14-13(15)8-5-11-16(14)22-12-6-2-1-3-7-12/h1-3,5-8,11,15,21H,4,9-10H2,(H2,18,20)/t15-/m1/s1. The van der Waals surface area contributed by atoms with Crippen LogP contribution in [0, 0.1) is 0 Å². The molecule has 0 heterocycles. The van der Waals surface area contributed by atoms with E-state index in [0.29, 0.717) is 11.5 Å². The molecule has 1 aliphatic rings. The number of ether oxygens (including phenoxy) is 1. The molecule has 0 fully saturated rings. The first kappa shape index (κ1) is 14.4. The van der Waals surface area contributed by atoms with E-state index in [-0.39, 0.29) is 0 Å². The minimum Gasteiger partial charge on any atom is -0.457 e. The first-order valence-corrected chi connectivity index (χ1v) is 7.29. The molecule has 3 rings (SSSR count). The van der Waals surface area contributed by atoms with Crippen molar-refractivity contribution >= 4 is 6.03 Å². The van der Waals surface area contributed by atoms with E-state index in [0.717, 1.165) is 35.5 Å². The number of urea groups is 1. The van der Waals surface area contributed by atoms with E-state index >= 15 is 0 Å². The van der Waals surface area contributed by atoms with Crippen molar-refractivity contribution in [3.05, 3.63) is 59.7 Å². The van der Waals surface area contributed by atoms with Gasteiger partial charge in [-0.1, -0.05) is 30.3 Å². The van der Waals surface area contributed by atoms with Crippen LogP contribution in [0.25, 0.3) is 0 Å². The summed E-state index contributed by atoms with van der Waals surface area (Å²) in [6.07, 6.45) is 2.39. The van der Waals surface area contributed by atoms with E-state index in [9.17, 15) is 10.0 Å². The number of primary amides is 1. The Morgan fingerprint density at radius 2 is 1.95 bits per heavy atom. The molecule has 0 unspecified atom stereocenters. The number of nitrogens with zero attached hydrogens (tertiary/aromatic N) is 1. The fraction of sp³-hybridized carbons (Fsp3) is 0.235. The number of carbonyl (C=O) groups is 1. The number of rotatable bonds is 3. The molecule has 0 aromatic heterocycles. The van der Waals surface area contributed by atoms with Gasteiger partial charge in [0.25, 0.3) is 0 Å². The van der Waals surface area contributed by atoms with Crippen LogP contribution in [0.4, 0.5) is 4.79 Å². The van der Waals surface area contributed by atoms with Crippen molar-refractivity contribution in [1.82, 2.24) is 5.06 Å². The number of benzene rings is 2. The Bertz CT molecular complexity index is 673. The van der Waals surface area contributed by atoms with Crippen LogP contribution in [-0.2, 0) is 6.42 Å². The van der Waals surface area contributed by atoms with Gasteiger partial charge in [0.15, 0.2) is 0 Å². The summed E-state index contributed by atoms with van der Waals surface area (Å²) in [5.74, 6) is 1.51. The van der Waals surface area contributed by atoms with Crippen LogP contribution in [0.5, 0.6) is 11.5 Å². The average molecular weight is 298 g/mol. The zero-order valence-electron chi connectivity index (χ0n) is 12.1. The van der Waals surface area contributed by atoms with E-state index in [1.165, 1.54) is 0 Å². The molecule has 0 spiro atoms. The molecule has 0 saturated carbocycles. The molecule has 0 radical (unpaired) electrons. The Labute approximate surface area is 128 Å². The van der Waals surface area contributed by atoms with Gasteiger partial charge in [-0.05, 0) is 43.0 Å². The van der Waals surface area contributed by atoms with E-state index in [2.05, 4.69) is 0 Å². The van der Waals surface area contributed by atoms with Gasteiger partial charge in [-0.25, -0.2) is 4.79 Å². The highest BCUT2D eigenvalue weighted by molar-refractivity contribution is 5.71. The molecular formula is C17H18N2O3. The number of amides is 2. The Morgan fingerprint density at radius 3 is 2.68 bits per heavy atom. The Kier molecular flexibility index (Phi) is 3.98. The van der Waals surface area contributed by atoms with Crippen molar-refractivity contribution in [1.29, 1.82) is 0 Å². The second kappa shape index (κ2) is 6.07. The Morgan fingerprint density at radius 1 is 1.18 bits per heavy atom. The summed E-state index contributed by atoms with van der Waals surface area (Å²) in [4.78, 5) is 11.3. The molecule has 1 aliphatic carbocycles. The van der Waals surface area contributed by atoms with Crippen LogP contribution in [0.3, 0.4) is 0 Å². The molecule has 0 bridgehead atoms. The largest absolute Gasteiger partial charge is 0.457 e. The second-order valence-electron chi connectivity index (χ2n) is 5.33. The molecule has 0 saturated heterocycles. The fourth-order valence-corrected chi connectivity index (χ4v) is 2.91. The van der Waals surface area contributed by atoms with Gasteiger partial charge in [0.05, 0.1) is 6.04 Å². The summed E-state index contributed by atoms with van der Waals surface area (Å²) in [6.45, 7) is 0. The molecule has 22 heavy (non-hydrogen) atoms. The zero-order valence-corrected chi connectivity index (χ0v) is 12.1. The number of hydrogen-bond donors (Lipinski definition) is 2. The van der Waals surface area contributed by atoms with E-state index in [1.807, 2.05) is 48.5 Å². The van der Waals surface area contributed by atoms with Gasteiger partial charge in [-0.15, -0.1) is 0 Å². The van der Waals surface area contributed by atoms with Crippen LogP contribution in [-0.4, -0.2) is 16.3 Å². The normalized spacial score (nSPS) is 16.7. The predicted octanol–water partition coefficient (Wildman–Crippen LogP) is 3.63. The van der Waals surface area contributed by atoms with Crippen LogP contribution >= 0.6 is 0 Å². The molecule has 2 amide bonds. The predicted molar refractivity (Wildman–Crippen MR) is 81.8 cm³/mol. The maximum absolute atomic E-state index is 11.3. The minimum atomic E-state index is -0.841. The quantitative estimate of drug-likeness (QED) is 0.671. The number of carbonyl (C=O) groups excluding carboxylic acids is 1. The van der Waals surface area contributed by atoms with Crippen LogP contribution in [0.1, 0.15) is 30.0 Å². The smallest absolute Gasteiger partial charge is 0.339 e. The molecule has 1 atom stereocenters. The van der Waals surface area contributed by atoms with Crippen molar-refractivity contribution in [3.63, 3.8) is 0 Å². The van der Waals surface area contributed by atoms with Gasteiger partial charge in [-0.2, -0.15) is 5.06 Å². The van der Waals surface area contributed by atoms with Crippen molar-refractivity contribution in [3.8, 4) is 11.5 Å². The molecule has 5 heteroatoms. The Balaban J connectivity index is 1.95. The molecule has 5 nitrogen and oxygen atoms in total. The monoisotopic (exact) mass is 298 g/mol. The summed E-state index contributed by atoms with van der Waals surface area (Å²) in [6, 6.07) is 14.0. The number of nitrogens with two attached hydrogens (primary N) is 1. The van der Waals surface area contributed by atoms with Crippen LogP contribution < -0.4 is 10.5 Å². The minimum absolute atomic E-state index is 0.416. The zero-order chi connectivity index (χ0) is 15.5. The summed E-state index contributed by atoms with van der Waals surface area (Å²) < 4.78 is 5.95. The number of fused-ring (bicyclic) bond motifs is 1. The van der Waals surface area contributed by atoms with Crippen molar-refractivity contribution < 1.29 is 14.7 Å². The summed E-state index contributed by atoms with van der Waals surface area (Å²) >= 11 is 0. The van der Waals surface area contributed by atoms with Gasteiger partial charge in [0, 0.05) is 5.56 Å². The highest BCUT2D eigenvalue weighted by Crippen LogP contribution is 2.39. The topological polar surface area (TPSA) is 75.8 Å². The van der Waals surface area contributed by atoms with Gasteiger partial charge in [0.1, 0.15) is 11.5 Å². The van der Waals surface area contributed by atoms with Crippen molar-refractivity contribution in [2.45, 2.75) is 25.3 Å². The van der Waals surface area contributed by atoms with Gasteiger partial charge >= 0.3 is 6.03 Å². The fourth-order valence-electron chi connectivity index (χ4n) is 2.91. The number of hydrogen-bond acceptors (Lipinski definition) is 3. The molecule has 2 aromatic rings. The van der Waals surface area contributed by atoms with Gasteiger partial charge in [-0.3, -0.25) is 5.21 Å². The maximum atomic E-state index is 11.3. The average Bonchev–Trinajstić information content (AvgIpc) is 2.55. The maximum Gasteiger partial charge on any atom is 0.339 e. The lowest BCUT2D eigenvalue weighted by molar-refractivity contribution is -0.0809. The highest BCUT2D eigenvalue weighted by Gasteiger charge is 2.29. The lowest BCUT2D eigenvalue weighted by atomic mass is 9.87. The van der Waals surface area contributed by atoms with E-state index in [4.69, 9.17) is 10.5 Å². The lowest BCUT2D eigenvalue weighted by Crippen LogP contribution is -2.37. The lowest BCUT2D eigenvalue weighted by Gasteiger charge is -2.31. The first-order valence-electron chi connectivity index (χ1n) is 7.29. The van der Waals surface area contributed by atoms with Crippen LogP contribution in [0.2, 0.25) is 0 Å². The first-order chi connectivity index (χ1) is 10.7. The SMILES string of the molecule is NC(=O)N(O)[C@@H]1CCCc2c(Oc3ccccc3)cccc21. The number of para-hydroxylation sites is 1. The third-order valence-electron chi connectivity index (χ3n) is 3.92. The summed E-state index contributed by atoms with van der Waals surface area (Å²) in [7, 11) is 0. The second-order valence-corrected chi connectivity index (χ2v) is 5.33. The molecule has 114 valence electrons. The van der Waals surface area contributed by atoms with Crippen molar-refractivity contribution in [2.24, 2.45) is 5.73 Å². The third kappa shape index (κ3) is 2.76. The molecule has 3 N–H and O–H groups in total. The molecule has 0 aliphatic heterocycles. The van der Waals surface area contributed by atoms with Gasteiger partial charge < -0.3 is 10.5 Å². The number of hydroxylamine groups is 2. The summed E-state index contributed by atoms with van der Waals surface area (Å²) in [5, 5.41) is 10.5. The van der Waals surface area contributed by atoms with E-state index < -0.39 is 12.1 Å². The van der Waals surface area contributed by atoms with E-state index in [1.54, 1.807) is 0 Å². The summed E-state index contributed by atoms with van der Waals surface area (Å²) in [5.41, 5.74) is 7.10. The molecular weight excluding hydrogens is 280 g/mol. The van der Waals surface area contributed by atoms with Gasteiger partial charge in [0.2, 0.25) is 0 Å². The van der Waals surface area contributed by atoms with Crippen LogP contribution in [0.15, 0.2) is 48.5 Å². The third-order valence-corrected chi connectivity index (χ3v) is 3.92. The molecule has 2 aromatic carbocycles. The Hall–Kier alpha value is -2.53. The highest BCUT2D eigenvalue weighted by atomic mass is 16.5. The van der Waals surface area contributed by atoms with Crippen molar-refractivity contribution in [2.75, 3.05) is 0 Å².